The molecule has 21 heavy (non-hydrogen) atoms. The molecule has 1 saturated carbocycles. The van der Waals surface area contributed by atoms with E-state index in [1.165, 1.54) is 32.1 Å². The van der Waals surface area contributed by atoms with Crippen molar-refractivity contribution in [3.63, 3.8) is 0 Å². The molecule has 1 aliphatic rings. The normalized spacial score (nSPS) is 17.8. The van der Waals surface area contributed by atoms with Crippen molar-refractivity contribution in [1.82, 2.24) is 20.2 Å². The van der Waals surface area contributed by atoms with Crippen LogP contribution in [-0.4, -0.2) is 32.0 Å². The summed E-state index contributed by atoms with van der Waals surface area (Å²) in [6.07, 6.45) is 6.55. The van der Waals surface area contributed by atoms with Crippen LogP contribution in [0.4, 0.5) is 0 Å². The van der Waals surface area contributed by atoms with Crippen molar-refractivity contribution in [2.45, 2.75) is 43.3 Å². The lowest BCUT2D eigenvalue weighted by Crippen LogP contribution is -2.33. The first-order chi connectivity index (χ1) is 10.3. The van der Waals surface area contributed by atoms with Crippen molar-refractivity contribution < 1.29 is 0 Å². The summed E-state index contributed by atoms with van der Waals surface area (Å²) in [5.74, 6) is 1.53. The number of benzene rings is 1. The molecule has 1 heterocycles. The van der Waals surface area contributed by atoms with Gasteiger partial charge in [-0.05, 0) is 41.3 Å². The molecule has 0 bridgehead atoms. The molecule has 3 rings (SSSR count). The van der Waals surface area contributed by atoms with Crippen LogP contribution in [0.2, 0.25) is 0 Å². The van der Waals surface area contributed by atoms with Crippen molar-refractivity contribution in [3.8, 4) is 5.69 Å². The highest BCUT2D eigenvalue weighted by Crippen LogP contribution is 2.28. The van der Waals surface area contributed by atoms with Crippen LogP contribution in [0.3, 0.4) is 0 Å². The quantitative estimate of drug-likeness (QED) is 0.860. The predicted molar refractivity (Wildman–Crippen MR) is 84.4 cm³/mol. The maximum absolute atomic E-state index is 6.36. The van der Waals surface area contributed by atoms with Crippen LogP contribution in [-0.2, 0) is 0 Å². The van der Waals surface area contributed by atoms with E-state index in [1.54, 1.807) is 16.4 Å². The molecule has 6 heteroatoms. The molecule has 1 aliphatic carbocycles. The summed E-state index contributed by atoms with van der Waals surface area (Å²) in [7, 11) is 0. The van der Waals surface area contributed by atoms with Gasteiger partial charge in [0.15, 0.2) is 0 Å². The standard InChI is InChI=1S/C15H21N5S/c16-14(12-7-3-1-4-8-12)11-21-15-17-18-19-20(15)13-9-5-2-6-10-13/h2,5-6,9-10,12,14H,1,3-4,7-8,11,16H2. The molecule has 1 aromatic carbocycles. The van der Waals surface area contributed by atoms with E-state index in [9.17, 15) is 0 Å². The molecule has 0 aliphatic heterocycles. The minimum Gasteiger partial charge on any atom is -0.327 e. The van der Waals surface area contributed by atoms with Crippen LogP contribution in [0, 0.1) is 5.92 Å². The molecular formula is C15H21N5S. The predicted octanol–water partition coefficient (Wildman–Crippen LogP) is 2.66. The number of hydrogen-bond acceptors (Lipinski definition) is 5. The van der Waals surface area contributed by atoms with E-state index in [2.05, 4.69) is 15.5 Å². The number of thioether (sulfide) groups is 1. The van der Waals surface area contributed by atoms with Gasteiger partial charge in [0.2, 0.25) is 5.16 Å². The topological polar surface area (TPSA) is 69.6 Å². The summed E-state index contributed by atoms with van der Waals surface area (Å²) in [5.41, 5.74) is 7.34. The van der Waals surface area contributed by atoms with Gasteiger partial charge in [0.25, 0.3) is 0 Å². The van der Waals surface area contributed by atoms with Gasteiger partial charge >= 0.3 is 0 Å². The Morgan fingerprint density at radius 3 is 2.71 bits per heavy atom. The zero-order chi connectivity index (χ0) is 14.5. The monoisotopic (exact) mass is 303 g/mol. The zero-order valence-electron chi connectivity index (χ0n) is 12.1. The fraction of sp³-hybridized carbons (Fsp3) is 0.533. The van der Waals surface area contributed by atoms with Crippen molar-refractivity contribution in [3.05, 3.63) is 30.3 Å². The summed E-state index contributed by atoms with van der Waals surface area (Å²) >= 11 is 1.65. The molecule has 1 atom stereocenters. The van der Waals surface area contributed by atoms with Gasteiger partial charge in [-0.3, -0.25) is 0 Å². The zero-order valence-corrected chi connectivity index (χ0v) is 12.9. The minimum atomic E-state index is 0.233. The highest BCUT2D eigenvalue weighted by Gasteiger charge is 2.21. The summed E-state index contributed by atoms with van der Waals surface area (Å²) in [6, 6.07) is 10.2. The van der Waals surface area contributed by atoms with Crippen LogP contribution >= 0.6 is 11.8 Å². The van der Waals surface area contributed by atoms with Crippen molar-refractivity contribution >= 4 is 11.8 Å². The Bertz CT molecular complexity index is 550. The number of aromatic nitrogens is 4. The number of para-hydroxylation sites is 1. The first kappa shape index (κ1) is 14.5. The lowest BCUT2D eigenvalue weighted by atomic mass is 9.85. The lowest BCUT2D eigenvalue weighted by Gasteiger charge is -2.26. The van der Waals surface area contributed by atoms with E-state index in [0.717, 1.165) is 16.6 Å². The Morgan fingerprint density at radius 2 is 1.95 bits per heavy atom. The van der Waals surface area contributed by atoms with Crippen LogP contribution in [0.1, 0.15) is 32.1 Å². The van der Waals surface area contributed by atoms with Crippen LogP contribution in [0.5, 0.6) is 0 Å². The Labute approximate surface area is 129 Å². The van der Waals surface area contributed by atoms with Gasteiger partial charge in [-0.2, -0.15) is 4.68 Å². The fourth-order valence-electron chi connectivity index (χ4n) is 2.87. The third-order valence-electron chi connectivity index (χ3n) is 4.10. The van der Waals surface area contributed by atoms with Gasteiger partial charge in [-0.25, -0.2) is 0 Å². The average Bonchev–Trinajstić information content (AvgIpc) is 3.03. The molecule has 2 aromatic rings. The molecule has 5 nitrogen and oxygen atoms in total. The Balaban J connectivity index is 1.62. The molecule has 0 amide bonds. The second kappa shape index (κ2) is 7.04. The second-order valence-corrected chi connectivity index (χ2v) is 6.57. The van der Waals surface area contributed by atoms with E-state index in [0.29, 0.717) is 5.92 Å². The molecular weight excluding hydrogens is 282 g/mol. The van der Waals surface area contributed by atoms with Crippen molar-refractivity contribution in [2.24, 2.45) is 11.7 Å². The number of hydrogen-bond donors (Lipinski definition) is 1. The lowest BCUT2D eigenvalue weighted by molar-refractivity contribution is 0.319. The van der Waals surface area contributed by atoms with Gasteiger partial charge in [-0.1, -0.05) is 49.2 Å². The summed E-state index contributed by atoms with van der Waals surface area (Å²) in [5, 5.41) is 12.8. The Hall–Kier alpha value is -1.40. The molecule has 1 unspecified atom stereocenters. The van der Waals surface area contributed by atoms with Gasteiger partial charge in [-0.15, -0.1) is 5.10 Å². The highest BCUT2D eigenvalue weighted by atomic mass is 32.2. The molecule has 1 aromatic heterocycles. The van der Waals surface area contributed by atoms with Gasteiger partial charge < -0.3 is 5.73 Å². The molecule has 0 radical (unpaired) electrons. The van der Waals surface area contributed by atoms with Crippen LogP contribution in [0.25, 0.3) is 5.69 Å². The van der Waals surface area contributed by atoms with Crippen molar-refractivity contribution in [1.29, 1.82) is 0 Å². The average molecular weight is 303 g/mol. The van der Waals surface area contributed by atoms with E-state index < -0.39 is 0 Å². The summed E-state index contributed by atoms with van der Waals surface area (Å²) in [6.45, 7) is 0. The van der Waals surface area contributed by atoms with Crippen LogP contribution < -0.4 is 5.73 Å². The van der Waals surface area contributed by atoms with E-state index in [1.807, 2.05) is 30.3 Å². The van der Waals surface area contributed by atoms with E-state index in [4.69, 9.17) is 5.73 Å². The smallest absolute Gasteiger partial charge is 0.214 e. The third kappa shape index (κ3) is 3.63. The maximum Gasteiger partial charge on any atom is 0.214 e. The first-order valence-corrected chi connectivity index (χ1v) is 8.55. The van der Waals surface area contributed by atoms with Gasteiger partial charge in [0.05, 0.1) is 5.69 Å². The highest BCUT2D eigenvalue weighted by molar-refractivity contribution is 7.99. The number of nitrogens with two attached hydrogens (primary N) is 1. The molecule has 0 saturated heterocycles. The third-order valence-corrected chi connectivity index (χ3v) is 5.17. The summed E-state index contributed by atoms with van der Waals surface area (Å²) in [4.78, 5) is 0. The molecule has 112 valence electrons. The summed E-state index contributed by atoms with van der Waals surface area (Å²) < 4.78 is 1.78. The largest absolute Gasteiger partial charge is 0.327 e. The molecule has 2 N–H and O–H groups in total. The number of nitrogens with zero attached hydrogens (tertiary/aromatic N) is 4. The van der Waals surface area contributed by atoms with E-state index >= 15 is 0 Å². The molecule has 1 fully saturated rings. The van der Waals surface area contributed by atoms with E-state index in [-0.39, 0.29) is 6.04 Å². The number of tetrazole rings is 1. The maximum atomic E-state index is 6.36. The number of rotatable bonds is 5. The Kier molecular flexibility index (Phi) is 4.87. The van der Waals surface area contributed by atoms with Gasteiger partial charge in [0.1, 0.15) is 0 Å². The van der Waals surface area contributed by atoms with Crippen LogP contribution in [0.15, 0.2) is 35.5 Å². The Morgan fingerprint density at radius 1 is 1.19 bits per heavy atom. The van der Waals surface area contributed by atoms with Gasteiger partial charge in [0, 0.05) is 11.8 Å². The second-order valence-electron chi connectivity index (χ2n) is 5.58. The first-order valence-electron chi connectivity index (χ1n) is 7.57. The fourth-order valence-corrected chi connectivity index (χ4v) is 3.84. The minimum absolute atomic E-state index is 0.233. The molecule has 0 spiro atoms. The van der Waals surface area contributed by atoms with Crippen molar-refractivity contribution in [2.75, 3.05) is 5.75 Å². The SMILES string of the molecule is NC(CSc1nnnn1-c1ccccc1)C1CCCCC1.